The van der Waals surface area contributed by atoms with Gasteiger partial charge in [0.2, 0.25) is 0 Å². The molecule has 0 saturated carbocycles. The lowest BCUT2D eigenvalue weighted by Gasteiger charge is -2.01. The van der Waals surface area contributed by atoms with E-state index in [1.165, 1.54) is 5.56 Å². The van der Waals surface area contributed by atoms with E-state index in [4.69, 9.17) is 14.0 Å². The summed E-state index contributed by atoms with van der Waals surface area (Å²) < 4.78 is 15.7. The Hall–Kier alpha value is -2.29. The van der Waals surface area contributed by atoms with E-state index in [1.54, 1.807) is 0 Å². The maximum atomic E-state index is 8.36. The van der Waals surface area contributed by atoms with Crippen LogP contribution in [-0.4, -0.2) is 0 Å². The normalized spacial score (nSPS) is 29.1. The van der Waals surface area contributed by atoms with Gasteiger partial charge in [-0.05, 0) is 53.5 Å². The molecule has 4 heteroatoms. The summed E-state index contributed by atoms with van der Waals surface area (Å²) in [5.74, 6) is 0. The Labute approximate surface area is 133 Å². The van der Waals surface area contributed by atoms with Crippen LogP contribution in [0.15, 0.2) is 53.6 Å². The van der Waals surface area contributed by atoms with Crippen LogP contribution in [0.4, 0.5) is 0 Å². The van der Waals surface area contributed by atoms with Gasteiger partial charge in [-0.2, -0.15) is 0 Å². The van der Waals surface area contributed by atoms with Crippen molar-refractivity contribution in [1.29, 1.82) is 0 Å². The second kappa shape index (κ2) is 6.65. The van der Waals surface area contributed by atoms with E-state index in [0.29, 0.717) is 6.42 Å². The lowest BCUT2D eigenvalue weighted by atomic mass is 10.1. The lowest BCUT2D eigenvalue weighted by Crippen LogP contribution is -2.04. The van der Waals surface area contributed by atoms with Crippen molar-refractivity contribution in [1.82, 2.24) is 0 Å². The summed E-state index contributed by atoms with van der Waals surface area (Å²) in [7, 11) is 0. The van der Waals surface area contributed by atoms with Crippen LogP contribution < -0.4 is 5.73 Å². The first-order chi connectivity index (χ1) is 11.5. The number of hydrogen-bond acceptors (Lipinski definition) is 2. The molecule has 22 heavy (non-hydrogen) atoms. The molecule has 2 unspecified atom stereocenters. The quantitative estimate of drug-likeness (QED) is 0.465. The van der Waals surface area contributed by atoms with Crippen LogP contribution in [0, 0.1) is 0 Å². The summed E-state index contributed by atoms with van der Waals surface area (Å²) in [6.07, 6.45) is 3.14. The van der Waals surface area contributed by atoms with Crippen molar-refractivity contribution in [3.8, 4) is 0 Å². The summed E-state index contributed by atoms with van der Waals surface area (Å²) >= 11 is 0. The van der Waals surface area contributed by atoms with Crippen molar-refractivity contribution in [2.75, 3.05) is 0 Å². The van der Waals surface area contributed by atoms with Crippen LogP contribution in [0.1, 0.15) is 49.9 Å². The Morgan fingerprint density at radius 2 is 1.59 bits per heavy atom. The fourth-order valence-electron chi connectivity index (χ4n) is 3.02. The zero-order valence-corrected chi connectivity index (χ0v) is 12.4. The van der Waals surface area contributed by atoms with Crippen LogP contribution in [0.25, 0.3) is 10.4 Å². The molecular weight excluding hydrogens is 272 g/mol. The SMILES string of the molecule is [2H]C1(N)CCc2ccccc21.[2H]C1(N=[N+]=[N-])CCc2ccccc21. The van der Waals surface area contributed by atoms with Gasteiger partial charge in [0.15, 0.2) is 0 Å². The third-order valence-corrected chi connectivity index (χ3v) is 4.15. The first-order valence-corrected chi connectivity index (χ1v) is 7.48. The van der Waals surface area contributed by atoms with Gasteiger partial charge in [0.05, 0.1) is 7.39 Å². The van der Waals surface area contributed by atoms with E-state index < -0.39 is 12.0 Å². The molecular formula is C18H20N4. The predicted octanol–water partition coefficient (Wildman–Crippen LogP) is 4.62. The van der Waals surface area contributed by atoms with E-state index in [9.17, 15) is 0 Å². The van der Waals surface area contributed by atoms with Gasteiger partial charge in [0.1, 0.15) is 0 Å². The molecule has 2 aromatic rings. The smallest absolute Gasteiger partial charge is 0.0631 e. The molecule has 4 nitrogen and oxygen atoms in total. The molecule has 2 aliphatic carbocycles. The first-order valence-electron chi connectivity index (χ1n) is 8.48. The van der Waals surface area contributed by atoms with Crippen molar-refractivity contribution in [3.63, 3.8) is 0 Å². The fourth-order valence-corrected chi connectivity index (χ4v) is 3.02. The molecule has 2 aliphatic rings. The zero-order valence-electron chi connectivity index (χ0n) is 14.4. The highest BCUT2D eigenvalue weighted by Gasteiger charge is 2.19. The van der Waals surface area contributed by atoms with Crippen LogP contribution in [0.3, 0.4) is 0 Å². The number of fused-ring (bicyclic) bond motifs is 2. The average Bonchev–Trinajstić information content (AvgIpc) is 3.08. The Morgan fingerprint density at radius 1 is 1.00 bits per heavy atom. The lowest BCUT2D eigenvalue weighted by molar-refractivity contribution is 0.707. The van der Waals surface area contributed by atoms with Gasteiger partial charge in [-0.25, -0.2) is 0 Å². The highest BCUT2D eigenvalue weighted by atomic mass is 15.1. The number of rotatable bonds is 1. The Morgan fingerprint density at radius 3 is 2.27 bits per heavy atom. The summed E-state index contributed by atoms with van der Waals surface area (Å²) in [6, 6.07) is 13.7. The molecule has 0 spiro atoms. The molecule has 0 bridgehead atoms. The minimum absolute atomic E-state index is 0.594. The van der Waals surface area contributed by atoms with Crippen molar-refractivity contribution in [3.05, 3.63) is 81.2 Å². The highest BCUT2D eigenvalue weighted by molar-refractivity contribution is 5.34. The molecule has 2 aromatic carbocycles. The zero-order chi connectivity index (χ0) is 17.2. The maximum Gasteiger partial charge on any atom is 0.0631 e. The topological polar surface area (TPSA) is 74.8 Å². The molecule has 0 aliphatic heterocycles. The molecule has 112 valence electrons. The van der Waals surface area contributed by atoms with E-state index >= 15 is 0 Å². The van der Waals surface area contributed by atoms with Crippen LogP contribution in [0.5, 0.6) is 0 Å². The molecule has 0 radical (unpaired) electrons. The van der Waals surface area contributed by atoms with Crippen molar-refractivity contribution >= 4 is 0 Å². The van der Waals surface area contributed by atoms with Gasteiger partial charge >= 0.3 is 0 Å². The summed E-state index contributed by atoms with van der Waals surface area (Å²) in [5.41, 5.74) is 18.3. The number of benzene rings is 2. The molecule has 4 rings (SSSR count). The number of hydrogen-bond donors (Lipinski definition) is 1. The molecule has 0 saturated heterocycles. The number of azide groups is 1. The van der Waals surface area contributed by atoms with Crippen LogP contribution in [-0.2, 0) is 12.8 Å². The maximum absolute atomic E-state index is 8.36. The third-order valence-electron chi connectivity index (χ3n) is 4.15. The Bertz CT molecular complexity index is 799. The van der Waals surface area contributed by atoms with Crippen molar-refractivity contribution in [2.24, 2.45) is 10.8 Å². The van der Waals surface area contributed by atoms with E-state index in [2.05, 4.69) is 16.1 Å². The molecule has 2 N–H and O–H groups in total. The molecule has 0 fully saturated rings. The van der Waals surface area contributed by atoms with Gasteiger partial charge in [0.25, 0.3) is 0 Å². The van der Waals surface area contributed by atoms with E-state index in [1.807, 2.05) is 42.5 Å². The van der Waals surface area contributed by atoms with Crippen LogP contribution >= 0.6 is 0 Å². The number of aryl methyl sites for hydroxylation is 2. The minimum Gasteiger partial charge on any atom is -0.324 e. The number of nitrogens with two attached hydrogens (primary N) is 1. The predicted molar refractivity (Wildman–Crippen MR) is 88.3 cm³/mol. The molecule has 0 heterocycles. The largest absolute Gasteiger partial charge is 0.324 e. The third kappa shape index (κ3) is 2.98. The van der Waals surface area contributed by atoms with Gasteiger partial charge < -0.3 is 5.73 Å². The highest BCUT2D eigenvalue weighted by Crippen LogP contribution is 2.33. The summed E-state index contributed by atoms with van der Waals surface area (Å²) in [6.45, 7) is 0. The van der Waals surface area contributed by atoms with E-state index in [0.717, 1.165) is 36.0 Å². The van der Waals surface area contributed by atoms with E-state index in [-0.39, 0.29) is 0 Å². The molecule has 0 aromatic heterocycles. The second-order valence-electron chi connectivity index (χ2n) is 5.48. The van der Waals surface area contributed by atoms with Gasteiger partial charge in [0, 0.05) is 12.3 Å². The van der Waals surface area contributed by atoms with Crippen molar-refractivity contribution in [2.45, 2.75) is 37.7 Å². The summed E-state index contributed by atoms with van der Waals surface area (Å²) in [4.78, 5) is 2.73. The monoisotopic (exact) mass is 294 g/mol. The second-order valence-corrected chi connectivity index (χ2v) is 5.48. The summed E-state index contributed by atoms with van der Waals surface area (Å²) in [5, 5.41) is 3.54. The average molecular weight is 294 g/mol. The molecule has 0 amide bonds. The Balaban J connectivity index is 0.000000143. The first kappa shape index (κ1) is 12.3. The molecule has 2 atom stereocenters. The van der Waals surface area contributed by atoms with Crippen molar-refractivity contribution < 1.29 is 2.74 Å². The minimum atomic E-state index is -1.06. The van der Waals surface area contributed by atoms with Gasteiger partial charge in [-0.1, -0.05) is 53.6 Å². The Kier molecular flexibility index (Phi) is 3.71. The van der Waals surface area contributed by atoms with Crippen LogP contribution in [0.2, 0.25) is 0 Å². The fraction of sp³-hybridized carbons (Fsp3) is 0.333. The number of nitrogens with zero attached hydrogens (tertiary/aromatic N) is 3. The van der Waals surface area contributed by atoms with Gasteiger partial charge in [-0.15, -0.1) is 0 Å². The standard InChI is InChI=1S/C9H9N3.C9H11N/c10-12-11-9-6-5-7-3-1-2-4-8(7)9;10-9-6-5-7-3-1-2-4-8(7)9/h1-4,9H,5-6H2;1-4,9H,5-6,10H2/i2*9D. The van der Waals surface area contributed by atoms with Gasteiger partial charge in [-0.3, -0.25) is 0 Å².